The number of aromatic nitrogens is 1. The van der Waals surface area contributed by atoms with Gasteiger partial charge in [-0.1, -0.05) is 48.5 Å². The molecule has 3 heteroatoms. The van der Waals surface area contributed by atoms with E-state index in [4.69, 9.17) is 0 Å². The quantitative estimate of drug-likeness (QED) is 0.733. The van der Waals surface area contributed by atoms with Crippen LogP contribution in [0.25, 0.3) is 16.9 Å². The number of nitrogens with zero attached hydrogens (tertiary/aromatic N) is 1. The summed E-state index contributed by atoms with van der Waals surface area (Å²) < 4.78 is 2.10. The zero-order valence-corrected chi connectivity index (χ0v) is 11.9. The molecule has 0 saturated carbocycles. The van der Waals surface area contributed by atoms with Gasteiger partial charge in [0.25, 0.3) is 0 Å². The Labute approximate surface area is 128 Å². The predicted octanol–water partition coefficient (Wildman–Crippen LogP) is 3.55. The molecule has 3 aromatic rings. The Balaban J connectivity index is 2.05. The van der Waals surface area contributed by atoms with Crippen LogP contribution >= 0.6 is 0 Å². The number of aliphatic hydroxyl groups excluding tert-OH is 1. The van der Waals surface area contributed by atoms with Crippen molar-refractivity contribution in [3.63, 3.8) is 0 Å². The third kappa shape index (κ3) is 1.83. The van der Waals surface area contributed by atoms with Crippen LogP contribution in [0.15, 0.2) is 60.7 Å². The number of fused-ring (bicyclic) bond motifs is 3. The monoisotopic (exact) mass is 289 g/mol. The van der Waals surface area contributed by atoms with Crippen LogP contribution in [0.3, 0.4) is 0 Å². The van der Waals surface area contributed by atoms with Gasteiger partial charge in [-0.05, 0) is 17.7 Å². The van der Waals surface area contributed by atoms with Crippen LogP contribution in [0, 0.1) is 0 Å². The van der Waals surface area contributed by atoms with Crippen LogP contribution < -0.4 is 0 Å². The second-order valence-electron chi connectivity index (χ2n) is 5.54. The molecule has 22 heavy (non-hydrogen) atoms. The number of aldehydes is 1. The molecule has 0 unspecified atom stereocenters. The average molecular weight is 289 g/mol. The Hall–Kier alpha value is -2.65. The van der Waals surface area contributed by atoms with Crippen molar-refractivity contribution < 1.29 is 9.90 Å². The second kappa shape index (κ2) is 4.97. The molecule has 1 N–H and O–H groups in total. The van der Waals surface area contributed by atoms with Crippen molar-refractivity contribution in [2.24, 2.45) is 0 Å². The molecule has 0 bridgehead atoms. The van der Waals surface area contributed by atoms with Crippen LogP contribution in [0.4, 0.5) is 0 Å². The minimum Gasteiger partial charge on any atom is -0.388 e. The van der Waals surface area contributed by atoms with E-state index in [1.807, 2.05) is 60.7 Å². The summed E-state index contributed by atoms with van der Waals surface area (Å²) in [6.45, 7) is 0. The Morgan fingerprint density at radius 1 is 1.05 bits per heavy atom. The first-order valence-corrected chi connectivity index (χ1v) is 7.32. The Morgan fingerprint density at radius 3 is 2.55 bits per heavy atom. The van der Waals surface area contributed by atoms with E-state index in [1.54, 1.807) is 0 Å². The zero-order chi connectivity index (χ0) is 15.1. The lowest BCUT2D eigenvalue weighted by Crippen LogP contribution is -2.16. The van der Waals surface area contributed by atoms with Gasteiger partial charge in [0.05, 0.1) is 17.5 Å². The molecule has 1 aliphatic rings. The normalized spacial score (nSPS) is 16.0. The van der Waals surface area contributed by atoms with E-state index < -0.39 is 6.10 Å². The van der Waals surface area contributed by atoms with Crippen molar-refractivity contribution in [2.75, 3.05) is 0 Å². The van der Waals surface area contributed by atoms with E-state index in [2.05, 4.69) is 4.57 Å². The van der Waals surface area contributed by atoms with E-state index in [1.165, 1.54) is 0 Å². The maximum atomic E-state index is 11.5. The van der Waals surface area contributed by atoms with Gasteiger partial charge in [-0.25, -0.2) is 0 Å². The maximum absolute atomic E-state index is 11.5. The fraction of sp³-hybridized carbons (Fsp3) is 0.105. The first-order valence-electron chi connectivity index (χ1n) is 7.32. The molecule has 0 fully saturated rings. The van der Waals surface area contributed by atoms with Gasteiger partial charge in [-0.15, -0.1) is 0 Å². The maximum Gasteiger partial charge on any atom is 0.152 e. The highest BCUT2D eigenvalue weighted by molar-refractivity contribution is 5.88. The van der Waals surface area contributed by atoms with Crippen LogP contribution in [0.5, 0.6) is 0 Å². The van der Waals surface area contributed by atoms with Crippen LogP contribution in [0.2, 0.25) is 0 Å². The molecule has 0 radical (unpaired) electrons. The van der Waals surface area contributed by atoms with Crippen LogP contribution in [0.1, 0.15) is 27.7 Å². The summed E-state index contributed by atoms with van der Waals surface area (Å²) in [5, 5.41) is 10.3. The van der Waals surface area contributed by atoms with E-state index in [-0.39, 0.29) is 0 Å². The Bertz CT molecular complexity index is 849. The van der Waals surface area contributed by atoms with Crippen molar-refractivity contribution in [1.29, 1.82) is 0 Å². The number of hydrogen-bond acceptors (Lipinski definition) is 2. The van der Waals surface area contributed by atoms with Gasteiger partial charge in [-0.3, -0.25) is 4.79 Å². The van der Waals surface area contributed by atoms with E-state index >= 15 is 0 Å². The fourth-order valence-electron chi connectivity index (χ4n) is 3.27. The van der Waals surface area contributed by atoms with Crippen LogP contribution in [-0.4, -0.2) is 16.0 Å². The van der Waals surface area contributed by atoms with Gasteiger partial charge in [-0.2, -0.15) is 0 Å². The lowest BCUT2D eigenvalue weighted by Gasteiger charge is -2.25. The molecule has 0 amide bonds. The van der Waals surface area contributed by atoms with Crippen molar-refractivity contribution >= 4 is 6.29 Å². The molecule has 3 nitrogen and oxygen atoms in total. The highest BCUT2D eigenvalue weighted by Gasteiger charge is 2.27. The molecule has 0 saturated heterocycles. The zero-order valence-electron chi connectivity index (χ0n) is 11.9. The number of carbonyl (C=O) groups excluding carboxylic acids is 1. The molecule has 2 aromatic carbocycles. The molecule has 2 heterocycles. The summed E-state index contributed by atoms with van der Waals surface area (Å²) in [6.07, 6.45) is 0.884. The minimum absolute atomic E-state index is 0.519. The van der Waals surface area contributed by atoms with Crippen molar-refractivity contribution in [3.05, 3.63) is 77.5 Å². The lowest BCUT2D eigenvalue weighted by atomic mass is 9.98. The second-order valence-corrected chi connectivity index (χ2v) is 5.54. The summed E-state index contributed by atoms with van der Waals surface area (Å²) in [6, 6.07) is 19.6. The van der Waals surface area contributed by atoms with Crippen molar-refractivity contribution in [3.8, 4) is 16.9 Å². The summed E-state index contributed by atoms with van der Waals surface area (Å²) in [4.78, 5) is 11.5. The predicted molar refractivity (Wildman–Crippen MR) is 85.3 cm³/mol. The summed E-state index contributed by atoms with van der Waals surface area (Å²) in [7, 11) is 0. The summed E-state index contributed by atoms with van der Waals surface area (Å²) in [5.41, 5.74) is 5.37. The Kier molecular flexibility index (Phi) is 2.94. The van der Waals surface area contributed by atoms with E-state index in [0.717, 1.165) is 34.5 Å². The number of rotatable bonds is 2. The smallest absolute Gasteiger partial charge is 0.152 e. The van der Waals surface area contributed by atoms with Gasteiger partial charge >= 0.3 is 0 Å². The lowest BCUT2D eigenvalue weighted by molar-refractivity contribution is 0.112. The first-order chi connectivity index (χ1) is 10.8. The molecule has 1 aliphatic heterocycles. The Morgan fingerprint density at radius 2 is 1.77 bits per heavy atom. The molecule has 0 spiro atoms. The van der Waals surface area contributed by atoms with Crippen LogP contribution in [-0.2, 0) is 6.42 Å². The number of hydrogen-bond donors (Lipinski definition) is 1. The van der Waals surface area contributed by atoms with E-state index in [0.29, 0.717) is 12.0 Å². The number of benzene rings is 2. The molecule has 108 valence electrons. The first kappa shape index (κ1) is 13.0. The number of para-hydroxylation sites is 1. The molecule has 4 rings (SSSR count). The van der Waals surface area contributed by atoms with Gasteiger partial charge in [0, 0.05) is 23.2 Å². The molecule has 1 aromatic heterocycles. The highest BCUT2D eigenvalue weighted by atomic mass is 16.3. The molecular formula is C19H15NO2. The molecule has 0 aliphatic carbocycles. The third-order valence-electron chi connectivity index (χ3n) is 4.22. The van der Waals surface area contributed by atoms with Gasteiger partial charge in [0.15, 0.2) is 6.29 Å². The topological polar surface area (TPSA) is 42.2 Å². The van der Waals surface area contributed by atoms with Gasteiger partial charge in [0.1, 0.15) is 0 Å². The average Bonchev–Trinajstić information content (AvgIpc) is 2.94. The van der Waals surface area contributed by atoms with E-state index in [9.17, 15) is 9.90 Å². The standard InChI is InChI=1S/C19H15NO2/c21-12-14-10-15-11-18(22)16-8-4-5-9-17(16)20(15)19(14)13-6-2-1-3-7-13/h1-10,12,18,22H,11H2/t18-/m1/s1. The number of carbonyl (C=O) groups is 1. The third-order valence-corrected chi connectivity index (χ3v) is 4.22. The largest absolute Gasteiger partial charge is 0.388 e. The highest BCUT2D eigenvalue weighted by Crippen LogP contribution is 2.38. The van der Waals surface area contributed by atoms with Crippen molar-refractivity contribution in [2.45, 2.75) is 12.5 Å². The summed E-state index contributed by atoms with van der Waals surface area (Å²) >= 11 is 0. The number of aliphatic hydroxyl groups is 1. The van der Waals surface area contributed by atoms with Crippen molar-refractivity contribution in [1.82, 2.24) is 4.57 Å². The fourth-order valence-corrected chi connectivity index (χ4v) is 3.27. The molecular weight excluding hydrogens is 274 g/mol. The van der Waals surface area contributed by atoms with Gasteiger partial charge in [0.2, 0.25) is 0 Å². The SMILES string of the molecule is O=Cc1cc2n(c1-c1ccccc1)-c1ccccc1[C@H](O)C2. The minimum atomic E-state index is -0.526. The molecule has 1 atom stereocenters. The summed E-state index contributed by atoms with van der Waals surface area (Å²) in [5.74, 6) is 0. The van der Waals surface area contributed by atoms with Gasteiger partial charge < -0.3 is 9.67 Å².